The molecule has 152 valence electrons. The molecular weight excluding hydrogens is 368 g/mol. The summed E-state index contributed by atoms with van der Waals surface area (Å²) in [5, 5.41) is 0. The zero-order valence-electron chi connectivity index (χ0n) is 16.8. The normalized spacial score (nSPS) is 38.6. The summed E-state index contributed by atoms with van der Waals surface area (Å²) in [6.07, 6.45) is 4.34. The van der Waals surface area contributed by atoms with Crippen molar-refractivity contribution in [3.05, 3.63) is 41.7 Å². The summed E-state index contributed by atoms with van der Waals surface area (Å²) in [6, 6.07) is 8.72. The molecule has 1 aromatic rings. The number of esters is 1. The topological polar surface area (TPSA) is 59.1 Å². The molecule has 0 radical (unpaired) electrons. The molecule has 4 aliphatic heterocycles. The maximum absolute atomic E-state index is 13.4. The molecule has 29 heavy (non-hydrogen) atoms. The molecule has 6 unspecified atom stereocenters. The molecule has 6 nitrogen and oxygen atoms in total. The zero-order chi connectivity index (χ0) is 19.9. The van der Waals surface area contributed by atoms with Crippen LogP contribution in [-0.2, 0) is 24.5 Å². The van der Waals surface area contributed by atoms with Crippen LogP contribution >= 0.6 is 0 Å². The standard InChI is InChI=1S/C23H26N2O4/c1-13-16-10-24-8-7-23-18-5-3-4-6-19(18)25(21(27)12-29-14(2)26)22(23)17(11-28-13)15(16)9-20(23)24/h3-6,11,13,15-16,20,22H,7-10,12H2,1-2H3. The third-order valence-corrected chi connectivity index (χ3v) is 8.13. The van der Waals surface area contributed by atoms with E-state index in [9.17, 15) is 9.59 Å². The first-order valence-electron chi connectivity index (χ1n) is 10.7. The zero-order valence-corrected chi connectivity index (χ0v) is 16.8. The van der Waals surface area contributed by atoms with Crippen LogP contribution in [-0.4, -0.2) is 54.7 Å². The maximum Gasteiger partial charge on any atom is 0.303 e. The van der Waals surface area contributed by atoms with E-state index in [1.807, 2.05) is 23.3 Å². The smallest absolute Gasteiger partial charge is 0.303 e. The van der Waals surface area contributed by atoms with Gasteiger partial charge in [0.1, 0.15) is 0 Å². The Morgan fingerprint density at radius 2 is 2.14 bits per heavy atom. The van der Waals surface area contributed by atoms with Gasteiger partial charge in [-0.05, 0) is 49.4 Å². The van der Waals surface area contributed by atoms with Gasteiger partial charge in [0.15, 0.2) is 6.61 Å². The quantitative estimate of drug-likeness (QED) is 0.720. The first-order chi connectivity index (χ1) is 14.0. The monoisotopic (exact) mass is 394 g/mol. The molecule has 6 heteroatoms. The Hall–Kier alpha value is -2.34. The number of benzene rings is 1. The predicted octanol–water partition coefficient (Wildman–Crippen LogP) is 2.23. The minimum absolute atomic E-state index is 0.0491. The lowest BCUT2D eigenvalue weighted by atomic mass is 9.56. The summed E-state index contributed by atoms with van der Waals surface area (Å²) >= 11 is 0. The Morgan fingerprint density at radius 3 is 2.97 bits per heavy atom. The van der Waals surface area contributed by atoms with Crippen molar-refractivity contribution < 1.29 is 19.1 Å². The lowest BCUT2D eigenvalue weighted by molar-refractivity contribution is -0.145. The highest BCUT2D eigenvalue weighted by Gasteiger charge is 2.68. The van der Waals surface area contributed by atoms with E-state index in [4.69, 9.17) is 9.47 Å². The van der Waals surface area contributed by atoms with E-state index in [-0.39, 0.29) is 30.1 Å². The largest absolute Gasteiger partial charge is 0.498 e. The minimum Gasteiger partial charge on any atom is -0.498 e. The van der Waals surface area contributed by atoms with E-state index in [1.165, 1.54) is 18.1 Å². The number of hydrogen-bond acceptors (Lipinski definition) is 5. The van der Waals surface area contributed by atoms with Gasteiger partial charge in [-0.15, -0.1) is 0 Å². The van der Waals surface area contributed by atoms with Crippen molar-refractivity contribution in [2.75, 3.05) is 24.6 Å². The first kappa shape index (κ1) is 17.5. The van der Waals surface area contributed by atoms with Crippen molar-refractivity contribution in [3.8, 4) is 0 Å². The van der Waals surface area contributed by atoms with Crippen LogP contribution in [0.1, 0.15) is 32.3 Å². The second-order valence-corrected chi connectivity index (χ2v) is 9.23. The molecule has 1 saturated carbocycles. The molecule has 0 N–H and O–H groups in total. The Bertz CT molecular complexity index is 943. The van der Waals surface area contributed by atoms with Crippen molar-refractivity contribution in [3.63, 3.8) is 0 Å². The lowest BCUT2D eigenvalue weighted by Crippen LogP contribution is -2.65. The summed E-state index contributed by atoms with van der Waals surface area (Å²) in [4.78, 5) is 29.3. The number of rotatable bonds is 2. The highest BCUT2D eigenvalue weighted by atomic mass is 16.5. The number of fused-ring (bicyclic) bond motifs is 2. The van der Waals surface area contributed by atoms with Crippen molar-refractivity contribution in [2.24, 2.45) is 11.8 Å². The molecule has 1 amide bonds. The third-order valence-electron chi connectivity index (χ3n) is 8.13. The van der Waals surface area contributed by atoms with Gasteiger partial charge < -0.3 is 14.4 Å². The molecule has 4 heterocycles. The number of para-hydroxylation sites is 1. The van der Waals surface area contributed by atoms with E-state index in [2.05, 4.69) is 24.0 Å². The molecular formula is C23H26N2O4. The highest BCUT2D eigenvalue weighted by Crippen LogP contribution is 2.64. The first-order valence-corrected chi connectivity index (χ1v) is 10.7. The number of nitrogens with zero attached hydrogens (tertiary/aromatic N) is 2. The van der Waals surface area contributed by atoms with Crippen LogP contribution in [0.25, 0.3) is 0 Å². The van der Waals surface area contributed by atoms with Crippen LogP contribution in [0.3, 0.4) is 0 Å². The van der Waals surface area contributed by atoms with Crippen LogP contribution < -0.4 is 4.90 Å². The maximum atomic E-state index is 13.4. The average molecular weight is 394 g/mol. The molecule has 6 atom stereocenters. The van der Waals surface area contributed by atoms with Crippen LogP contribution in [0.5, 0.6) is 0 Å². The summed E-state index contributed by atoms with van der Waals surface area (Å²) in [5.41, 5.74) is 3.41. The molecule has 1 aromatic carbocycles. The molecule has 6 rings (SSSR count). The van der Waals surface area contributed by atoms with Crippen LogP contribution in [0, 0.1) is 11.8 Å². The van der Waals surface area contributed by atoms with Crippen molar-refractivity contribution in [2.45, 2.75) is 50.3 Å². The second-order valence-electron chi connectivity index (χ2n) is 9.23. The summed E-state index contributed by atoms with van der Waals surface area (Å²) < 4.78 is 11.2. The number of piperidine rings is 1. The van der Waals surface area contributed by atoms with E-state index in [0.29, 0.717) is 17.9 Å². The van der Waals surface area contributed by atoms with Gasteiger partial charge >= 0.3 is 5.97 Å². The Morgan fingerprint density at radius 1 is 1.31 bits per heavy atom. The fraction of sp³-hybridized carbons (Fsp3) is 0.565. The summed E-state index contributed by atoms with van der Waals surface area (Å²) in [6.45, 7) is 5.43. The van der Waals surface area contributed by atoms with Crippen LogP contribution in [0.15, 0.2) is 36.1 Å². The highest BCUT2D eigenvalue weighted by molar-refractivity contribution is 6.00. The third kappa shape index (κ3) is 2.10. The predicted molar refractivity (Wildman–Crippen MR) is 106 cm³/mol. The van der Waals surface area contributed by atoms with E-state index < -0.39 is 5.97 Å². The Labute approximate surface area is 170 Å². The molecule has 0 aromatic heterocycles. The summed E-state index contributed by atoms with van der Waals surface area (Å²) in [5.74, 6) is 0.345. The van der Waals surface area contributed by atoms with Gasteiger partial charge in [-0.25, -0.2) is 0 Å². The van der Waals surface area contributed by atoms with Gasteiger partial charge in [0.2, 0.25) is 0 Å². The van der Waals surface area contributed by atoms with E-state index in [0.717, 1.165) is 31.6 Å². The average Bonchev–Trinajstić information content (AvgIpc) is 3.25. The lowest BCUT2D eigenvalue weighted by Gasteiger charge is -2.57. The van der Waals surface area contributed by atoms with Crippen molar-refractivity contribution >= 4 is 17.6 Å². The molecule has 1 aliphatic carbocycles. The number of hydrogen-bond donors (Lipinski definition) is 0. The van der Waals surface area contributed by atoms with Crippen LogP contribution in [0.2, 0.25) is 0 Å². The molecule has 1 spiro atoms. The van der Waals surface area contributed by atoms with Crippen molar-refractivity contribution in [1.29, 1.82) is 0 Å². The van der Waals surface area contributed by atoms with Gasteiger partial charge in [0.05, 0.1) is 18.4 Å². The van der Waals surface area contributed by atoms with Gasteiger partial charge in [-0.2, -0.15) is 0 Å². The van der Waals surface area contributed by atoms with Crippen LogP contribution in [0.4, 0.5) is 5.69 Å². The van der Waals surface area contributed by atoms with Crippen molar-refractivity contribution in [1.82, 2.24) is 4.90 Å². The molecule has 3 fully saturated rings. The number of ether oxygens (including phenoxy) is 2. The van der Waals surface area contributed by atoms with Gasteiger partial charge in [-0.3, -0.25) is 14.5 Å². The molecule has 2 saturated heterocycles. The second kappa shape index (κ2) is 5.85. The minimum atomic E-state index is -0.429. The van der Waals surface area contributed by atoms with Gasteiger partial charge in [0.25, 0.3) is 5.91 Å². The Kier molecular flexibility index (Phi) is 3.53. The molecule has 2 bridgehead atoms. The molecule has 5 aliphatic rings. The summed E-state index contributed by atoms with van der Waals surface area (Å²) in [7, 11) is 0. The van der Waals surface area contributed by atoms with E-state index >= 15 is 0 Å². The number of amides is 1. The number of anilines is 1. The SMILES string of the molecule is CC(=O)OCC(=O)N1c2ccccc2C23CCN4CC5C(C)OC=C(C5CC42)C13. The fourth-order valence-electron chi connectivity index (χ4n) is 7.05. The van der Waals surface area contributed by atoms with Gasteiger partial charge in [-0.1, -0.05) is 18.2 Å². The van der Waals surface area contributed by atoms with E-state index in [1.54, 1.807) is 0 Å². The fourth-order valence-corrected chi connectivity index (χ4v) is 7.05. The number of carbonyl (C=O) groups excluding carboxylic acids is 2. The Balaban J connectivity index is 1.53. The van der Waals surface area contributed by atoms with Gasteiger partial charge in [0, 0.05) is 36.5 Å². The number of carbonyl (C=O) groups is 2.